The first-order valence-corrected chi connectivity index (χ1v) is 8.80. The van der Waals surface area contributed by atoms with Gasteiger partial charge in [0.05, 0.1) is 12.8 Å². The summed E-state index contributed by atoms with van der Waals surface area (Å²) in [7, 11) is 1.52. The molecule has 0 aliphatic rings. The lowest BCUT2D eigenvalue weighted by Gasteiger charge is -2.10. The lowest BCUT2D eigenvalue weighted by molar-refractivity contribution is 0.101. The van der Waals surface area contributed by atoms with E-state index in [-0.39, 0.29) is 17.0 Å². The van der Waals surface area contributed by atoms with Crippen LogP contribution in [0.3, 0.4) is 0 Å². The zero-order valence-corrected chi connectivity index (χ0v) is 15.9. The Bertz CT molecular complexity index is 1060. The van der Waals surface area contributed by atoms with Crippen LogP contribution in [-0.2, 0) is 0 Å². The van der Waals surface area contributed by atoms with Gasteiger partial charge in [-0.3, -0.25) is 19.4 Å². The third-order valence-corrected chi connectivity index (χ3v) is 4.16. The molecule has 0 atom stereocenters. The molecule has 3 rings (SSSR count). The number of carbonyl (C=O) groups is 3. The monoisotopic (exact) mass is 389 g/mol. The Labute approximate surface area is 167 Å². The number of Topliss-reactive ketones (excluding diaryl/α,β-unsaturated/α-hetero) is 1. The number of hydrogen-bond donors (Lipinski definition) is 2. The number of nitrogens with zero attached hydrogens (tertiary/aromatic N) is 1. The fraction of sp³-hybridized carbons (Fsp3) is 0.0909. The molecule has 29 heavy (non-hydrogen) atoms. The summed E-state index contributed by atoms with van der Waals surface area (Å²) >= 11 is 0. The summed E-state index contributed by atoms with van der Waals surface area (Å²) in [4.78, 5) is 40.4. The summed E-state index contributed by atoms with van der Waals surface area (Å²) in [6, 6.07) is 16.5. The van der Waals surface area contributed by atoms with Crippen molar-refractivity contribution in [3.8, 4) is 5.75 Å². The quantitative estimate of drug-likeness (QED) is 0.625. The third kappa shape index (κ3) is 4.84. The second-order valence-electron chi connectivity index (χ2n) is 6.17. The van der Waals surface area contributed by atoms with Crippen molar-refractivity contribution in [2.75, 3.05) is 17.7 Å². The van der Waals surface area contributed by atoms with Crippen molar-refractivity contribution in [3.63, 3.8) is 0 Å². The Balaban J connectivity index is 1.73. The van der Waals surface area contributed by atoms with Crippen LogP contribution in [0.25, 0.3) is 0 Å². The zero-order chi connectivity index (χ0) is 20.8. The maximum absolute atomic E-state index is 12.6. The third-order valence-electron chi connectivity index (χ3n) is 4.16. The van der Waals surface area contributed by atoms with Gasteiger partial charge >= 0.3 is 0 Å². The van der Waals surface area contributed by atoms with Crippen LogP contribution in [0.2, 0.25) is 0 Å². The number of amides is 2. The van der Waals surface area contributed by atoms with E-state index < -0.39 is 11.8 Å². The summed E-state index contributed by atoms with van der Waals surface area (Å²) < 4.78 is 5.22. The van der Waals surface area contributed by atoms with E-state index in [2.05, 4.69) is 15.6 Å². The van der Waals surface area contributed by atoms with Gasteiger partial charge < -0.3 is 15.4 Å². The molecule has 3 aromatic rings. The van der Waals surface area contributed by atoms with Crippen molar-refractivity contribution in [1.82, 2.24) is 4.98 Å². The summed E-state index contributed by atoms with van der Waals surface area (Å²) in [5.41, 5.74) is 1.96. The fourth-order valence-electron chi connectivity index (χ4n) is 2.62. The second-order valence-corrected chi connectivity index (χ2v) is 6.17. The second kappa shape index (κ2) is 8.79. The minimum Gasteiger partial charge on any atom is -0.495 e. The molecule has 0 unspecified atom stereocenters. The van der Waals surface area contributed by atoms with Gasteiger partial charge in [0.25, 0.3) is 11.8 Å². The molecule has 0 bridgehead atoms. The normalized spacial score (nSPS) is 10.1. The number of ether oxygens (including phenoxy) is 1. The van der Waals surface area contributed by atoms with Gasteiger partial charge in [-0.25, -0.2) is 0 Å². The van der Waals surface area contributed by atoms with E-state index in [4.69, 9.17) is 4.74 Å². The Morgan fingerprint density at radius 2 is 1.59 bits per heavy atom. The van der Waals surface area contributed by atoms with Crippen LogP contribution in [0, 0.1) is 0 Å². The maximum atomic E-state index is 12.6. The van der Waals surface area contributed by atoms with E-state index in [0.717, 1.165) is 0 Å². The van der Waals surface area contributed by atoms with Gasteiger partial charge in [0.2, 0.25) is 0 Å². The zero-order valence-electron chi connectivity index (χ0n) is 15.9. The molecule has 1 aromatic heterocycles. The van der Waals surface area contributed by atoms with Gasteiger partial charge in [-0.05, 0) is 55.5 Å². The van der Waals surface area contributed by atoms with E-state index in [1.54, 1.807) is 48.5 Å². The molecule has 146 valence electrons. The van der Waals surface area contributed by atoms with Gasteiger partial charge in [0, 0.05) is 23.0 Å². The number of anilines is 2. The number of rotatable bonds is 6. The molecule has 1 heterocycles. The molecule has 2 aromatic carbocycles. The number of aromatic nitrogens is 1. The van der Waals surface area contributed by atoms with Crippen LogP contribution < -0.4 is 15.4 Å². The Hall–Kier alpha value is -4.00. The number of pyridine rings is 1. The van der Waals surface area contributed by atoms with Crippen LogP contribution in [-0.4, -0.2) is 29.7 Å². The predicted octanol–water partition coefficient (Wildman–Crippen LogP) is 3.80. The minimum absolute atomic E-state index is 0.0571. The molecule has 7 nitrogen and oxygen atoms in total. The first kappa shape index (κ1) is 19.8. The van der Waals surface area contributed by atoms with Gasteiger partial charge in [-0.2, -0.15) is 0 Å². The lowest BCUT2D eigenvalue weighted by Crippen LogP contribution is -2.17. The highest BCUT2D eigenvalue weighted by molar-refractivity contribution is 6.08. The number of nitrogens with one attached hydrogen (secondary N) is 2. The molecule has 0 saturated heterocycles. The minimum atomic E-state index is -0.465. The summed E-state index contributed by atoms with van der Waals surface area (Å²) in [5, 5.41) is 5.45. The Morgan fingerprint density at radius 3 is 2.28 bits per heavy atom. The van der Waals surface area contributed by atoms with Crippen molar-refractivity contribution >= 4 is 29.0 Å². The van der Waals surface area contributed by atoms with E-state index in [0.29, 0.717) is 22.7 Å². The van der Waals surface area contributed by atoms with E-state index in [1.807, 2.05) is 0 Å². The maximum Gasteiger partial charge on any atom is 0.274 e. The molecule has 0 aliphatic carbocycles. The average molecular weight is 389 g/mol. The molecular formula is C22H19N3O4. The number of benzene rings is 2. The van der Waals surface area contributed by atoms with E-state index >= 15 is 0 Å². The molecule has 7 heteroatoms. The van der Waals surface area contributed by atoms with Crippen molar-refractivity contribution in [3.05, 3.63) is 83.7 Å². The van der Waals surface area contributed by atoms with Gasteiger partial charge in [0.1, 0.15) is 11.4 Å². The Kier molecular flexibility index (Phi) is 5.99. The topological polar surface area (TPSA) is 97.4 Å². The molecule has 0 radical (unpaired) electrons. The molecule has 0 fully saturated rings. The molecule has 0 saturated carbocycles. The molecule has 0 spiro atoms. The van der Waals surface area contributed by atoms with E-state index in [1.165, 1.54) is 32.4 Å². The highest BCUT2D eigenvalue weighted by Crippen LogP contribution is 2.23. The molecule has 0 aliphatic heterocycles. The number of hydrogen-bond acceptors (Lipinski definition) is 5. The van der Waals surface area contributed by atoms with Crippen molar-refractivity contribution in [2.45, 2.75) is 6.92 Å². The highest BCUT2D eigenvalue weighted by atomic mass is 16.5. The number of carbonyl (C=O) groups excluding carboxylic acids is 3. The average Bonchev–Trinajstić information content (AvgIpc) is 2.74. The Morgan fingerprint density at radius 1 is 0.862 bits per heavy atom. The van der Waals surface area contributed by atoms with Gasteiger partial charge in [-0.15, -0.1) is 0 Å². The van der Waals surface area contributed by atoms with Crippen LogP contribution >= 0.6 is 0 Å². The summed E-state index contributed by atoms with van der Waals surface area (Å²) in [5.74, 6) is -0.385. The van der Waals surface area contributed by atoms with Crippen molar-refractivity contribution < 1.29 is 19.1 Å². The molecule has 2 amide bonds. The predicted molar refractivity (Wildman–Crippen MR) is 110 cm³/mol. The molecular weight excluding hydrogens is 370 g/mol. The first-order chi connectivity index (χ1) is 14.0. The smallest absolute Gasteiger partial charge is 0.274 e. The van der Waals surface area contributed by atoms with Crippen molar-refractivity contribution in [1.29, 1.82) is 0 Å². The van der Waals surface area contributed by atoms with E-state index in [9.17, 15) is 14.4 Å². The van der Waals surface area contributed by atoms with Crippen LogP contribution in [0.15, 0.2) is 66.9 Å². The number of methoxy groups -OCH3 is 1. The number of para-hydroxylation sites is 2. The van der Waals surface area contributed by atoms with Crippen LogP contribution in [0.4, 0.5) is 11.4 Å². The number of ketones is 1. The highest BCUT2D eigenvalue weighted by Gasteiger charge is 2.14. The van der Waals surface area contributed by atoms with Crippen LogP contribution in [0.5, 0.6) is 5.75 Å². The molecule has 2 N–H and O–H groups in total. The van der Waals surface area contributed by atoms with Crippen LogP contribution in [0.1, 0.15) is 38.1 Å². The van der Waals surface area contributed by atoms with Crippen molar-refractivity contribution in [2.24, 2.45) is 0 Å². The lowest BCUT2D eigenvalue weighted by atomic mass is 10.1. The largest absolute Gasteiger partial charge is 0.495 e. The SMILES string of the molecule is COc1ccccc1NC(=O)c1ccnc(C(=O)Nc2ccc(C(C)=O)cc2)c1. The van der Waals surface area contributed by atoms with Gasteiger partial charge in [0.15, 0.2) is 5.78 Å². The van der Waals surface area contributed by atoms with Gasteiger partial charge in [-0.1, -0.05) is 12.1 Å². The summed E-state index contributed by atoms with van der Waals surface area (Å²) in [6.07, 6.45) is 1.39. The standard InChI is InChI=1S/C22H19N3O4/c1-14(26)15-7-9-17(10-8-15)24-22(28)19-13-16(11-12-23-19)21(27)25-18-5-3-4-6-20(18)29-2/h3-13H,1-2H3,(H,24,28)(H,25,27). The fourth-order valence-corrected chi connectivity index (χ4v) is 2.62. The summed E-state index contributed by atoms with van der Waals surface area (Å²) in [6.45, 7) is 1.47. The first-order valence-electron chi connectivity index (χ1n) is 8.80.